The molecule has 0 bridgehead atoms. The van der Waals surface area contributed by atoms with Crippen molar-refractivity contribution in [2.24, 2.45) is 0 Å². The minimum atomic E-state index is -0.209. The summed E-state index contributed by atoms with van der Waals surface area (Å²) < 4.78 is 16.0. The average molecular weight is 463 g/mol. The molecule has 2 N–H and O–H groups in total. The molecule has 5 rings (SSSR count). The molecule has 10 nitrogen and oxygen atoms in total. The minimum absolute atomic E-state index is 0.140. The van der Waals surface area contributed by atoms with Crippen molar-refractivity contribution in [1.82, 2.24) is 20.5 Å². The van der Waals surface area contributed by atoms with Crippen molar-refractivity contribution < 1.29 is 23.5 Å². The highest BCUT2D eigenvalue weighted by atomic mass is 16.7. The monoisotopic (exact) mass is 463 g/mol. The van der Waals surface area contributed by atoms with Gasteiger partial charge < -0.3 is 34.3 Å². The summed E-state index contributed by atoms with van der Waals surface area (Å²) in [5.41, 5.74) is 1.41. The lowest BCUT2D eigenvalue weighted by atomic mass is 10.1. The van der Waals surface area contributed by atoms with Crippen LogP contribution in [-0.4, -0.2) is 54.8 Å². The molecule has 0 unspecified atom stereocenters. The van der Waals surface area contributed by atoms with Crippen molar-refractivity contribution in [2.45, 2.75) is 13.1 Å². The number of anilines is 1. The van der Waals surface area contributed by atoms with Gasteiger partial charge in [0.1, 0.15) is 11.6 Å². The number of urea groups is 1. The van der Waals surface area contributed by atoms with Crippen molar-refractivity contribution in [2.75, 3.05) is 37.9 Å². The van der Waals surface area contributed by atoms with Gasteiger partial charge in [-0.05, 0) is 42.0 Å². The van der Waals surface area contributed by atoms with E-state index in [1.165, 1.54) is 0 Å². The van der Waals surface area contributed by atoms with Crippen LogP contribution in [0, 0.1) is 0 Å². The van der Waals surface area contributed by atoms with Gasteiger partial charge in [-0.15, -0.1) is 0 Å². The van der Waals surface area contributed by atoms with Crippen molar-refractivity contribution in [3.63, 3.8) is 0 Å². The number of amides is 3. The number of carbonyl (C=O) groups excluding carboxylic acids is 2. The Morgan fingerprint density at radius 3 is 2.62 bits per heavy atom. The Kier molecular flexibility index (Phi) is 6.19. The van der Waals surface area contributed by atoms with Gasteiger partial charge in [0, 0.05) is 38.9 Å². The second kappa shape index (κ2) is 9.74. The predicted molar refractivity (Wildman–Crippen MR) is 123 cm³/mol. The quantitative estimate of drug-likeness (QED) is 0.578. The van der Waals surface area contributed by atoms with E-state index in [0.29, 0.717) is 67.9 Å². The molecule has 1 aromatic carbocycles. The third kappa shape index (κ3) is 4.75. The Labute approximate surface area is 196 Å². The maximum absolute atomic E-state index is 13.0. The van der Waals surface area contributed by atoms with Gasteiger partial charge in [0.15, 0.2) is 11.5 Å². The van der Waals surface area contributed by atoms with Crippen LogP contribution >= 0.6 is 0 Å². The first-order chi connectivity index (χ1) is 16.7. The van der Waals surface area contributed by atoms with Gasteiger partial charge >= 0.3 is 6.03 Å². The topological polar surface area (TPSA) is 109 Å². The Balaban J connectivity index is 1.17. The second-order valence-electron chi connectivity index (χ2n) is 7.96. The van der Waals surface area contributed by atoms with Crippen LogP contribution in [0.25, 0.3) is 0 Å². The van der Waals surface area contributed by atoms with E-state index in [9.17, 15) is 9.59 Å². The zero-order chi connectivity index (χ0) is 23.3. The molecule has 10 heteroatoms. The SMILES string of the molecule is O=C(NCc1ccc2c(c1)OCO2)c1cccnc1N1CCN(C(=O)NCc2ccco2)CC1. The summed E-state index contributed by atoms with van der Waals surface area (Å²) in [5.74, 6) is 2.50. The number of pyridine rings is 1. The maximum atomic E-state index is 13.0. The molecule has 1 saturated heterocycles. The number of nitrogens with zero attached hydrogens (tertiary/aromatic N) is 3. The fourth-order valence-electron chi connectivity index (χ4n) is 3.96. The third-order valence-electron chi connectivity index (χ3n) is 5.78. The molecule has 0 radical (unpaired) electrons. The number of furan rings is 1. The molecular weight excluding hydrogens is 438 g/mol. The number of benzene rings is 1. The smallest absolute Gasteiger partial charge is 0.317 e. The van der Waals surface area contributed by atoms with Crippen LogP contribution < -0.4 is 25.0 Å². The molecule has 2 aliphatic heterocycles. The zero-order valence-electron chi connectivity index (χ0n) is 18.5. The van der Waals surface area contributed by atoms with Crippen molar-refractivity contribution in [3.05, 3.63) is 71.8 Å². The summed E-state index contributed by atoms with van der Waals surface area (Å²) >= 11 is 0. The van der Waals surface area contributed by atoms with E-state index < -0.39 is 0 Å². The molecule has 176 valence electrons. The van der Waals surface area contributed by atoms with Crippen LogP contribution in [0.1, 0.15) is 21.7 Å². The Morgan fingerprint density at radius 1 is 0.941 bits per heavy atom. The van der Waals surface area contributed by atoms with Crippen LogP contribution in [0.3, 0.4) is 0 Å². The van der Waals surface area contributed by atoms with E-state index in [1.807, 2.05) is 29.2 Å². The summed E-state index contributed by atoms with van der Waals surface area (Å²) in [7, 11) is 0. The molecular formula is C24H25N5O5. The number of hydrogen-bond donors (Lipinski definition) is 2. The van der Waals surface area contributed by atoms with E-state index in [0.717, 1.165) is 5.56 Å². The van der Waals surface area contributed by atoms with Crippen molar-refractivity contribution in [1.29, 1.82) is 0 Å². The maximum Gasteiger partial charge on any atom is 0.317 e. The number of fused-ring (bicyclic) bond motifs is 1. The lowest BCUT2D eigenvalue weighted by Gasteiger charge is -2.36. The number of hydrogen-bond acceptors (Lipinski definition) is 7. The molecule has 2 aromatic heterocycles. The number of ether oxygens (including phenoxy) is 2. The van der Waals surface area contributed by atoms with Gasteiger partial charge in [0.05, 0.1) is 18.4 Å². The normalized spacial score (nSPS) is 14.7. The first-order valence-corrected chi connectivity index (χ1v) is 11.1. The largest absolute Gasteiger partial charge is 0.467 e. The summed E-state index contributed by atoms with van der Waals surface area (Å²) in [6.07, 6.45) is 3.25. The molecule has 0 aliphatic carbocycles. The average Bonchev–Trinajstić information content (AvgIpc) is 3.58. The first kappa shape index (κ1) is 21.6. The van der Waals surface area contributed by atoms with Crippen molar-refractivity contribution in [3.8, 4) is 11.5 Å². The van der Waals surface area contributed by atoms with E-state index in [2.05, 4.69) is 15.6 Å². The third-order valence-corrected chi connectivity index (χ3v) is 5.78. The molecule has 0 atom stereocenters. The molecule has 3 aromatic rings. The lowest BCUT2D eigenvalue weighted by Crippen LogP contribution is -2.52. The van der Waals surface area contributed by atoms with Gasteiger partial charge in [0.25, 0.3) is 5.91 Å². The standard InChI is InChI=1S/C24H25N5O5/c30-23(26-14-17-5-6-20-21(13-17)34-16-33-20)19-4-1-7-25-22(19)28-8-10-29(11-9-28)24(31)27-15-18-3-2-12-32-18/h1-7,12-13H,8-11,14-16H2,(H,26,30)(H,27,31). The highest BCUT2D eigenvalue weighted by Gasteiger charge is 2.25. The summed E-state index contributed by atoms with van der Waals surface area (Å²) in [6.45, 7) is 3.12. The van der Waals surface area contributed by atoms with Crippen LogP contribution in [-0.2, 0) is 13.1 Å². The summed E-state index contributed by atoms with van der Waals surface area (Å²) in [4.78, 5) is 33.7. The number of rotatable bonds is 6. The Morgan fingerprint density at radius 2 is 1.79 bits per heavy atom. The first-order valence-electron chi connectivity index (χ1n) is 11.1. The van der Waals surface area contributed by atoms with Gasteiger partial charge in [-0.25, -0.2) is 9.78 Å². The second-order valence-corrected chi connectivity index (χ2v) is 7.96. The predicted octanol–water partition coefficient (Wildman–Crippen LogP) is 2.37. The van der Waals surface area contributed by atoms with Crippen LogP contribution in [0.15, 0.2) is 59.3 Å². The molecule has 2 aliphatic rings. The van der Waals surface area contributed by atoms with Gasteiger partial charge in [0.2, 0.25) is 6.79 Å². The fourth-order valence-corrected chi connectivity index (χ4v) is 3.96. The number of carbonyl (C=O) groups is 2. The molecule has 3 amide bonds. The highest BCUT2D eigenvalue weighted by molar-refractivity contribution is 5.98. The minimum Gasteiger partial charge on any atom is -0.467 e. The van der Waals surface area contributed by atoms with Gasteiger partial charge in [-0.1, -0.05) is 6.07 Å². The van der Waals surface area contributed by atoms with E-state index in [-0.39, 0.29) is 18.7 Å². The molecule has 34 heavy (non-hydrogen) atoms. The number of nitrogens with one attached hydrogen (secondary N) is 2. The van der Waals surface area contributed by atoms with E-state index in [1.54, 1.807) is 35.6 Å². The van der Waals surface area contributed by atoms with Crippen LogP contribution in [0.4, 0.5) is 10.6 Å². The number of aromatic nitrogens is 1. The molecule has 1 fully saturated rings. The summed E-state index contributed by atoms with van der Waals surface area (Å²) in [5, 5.41) is 5.82. The van der Waals surface area contributed by atoms with Crippen molar-refractivity contribution >= 4 is 17.8 Å². The zero-order valence-corrected chi connectivity index (χ0v) is 18.5. The van der Waals surface area contributed by atoms with E-state index >= 15 is 0 Å². The Hall–Kier alpha value is -4.21. The van der Waals surface area contributed by atoms with Gasteiger partial charge in [-0.2, -0.15) is 0 Å². The number of piperazine rings is 1. The highest BCUT2D eigenvalue weighted by Crippen LogP contribution is 2.32. The Bertz CT molecular complexity index is 1160. The molecule has 4 heterocycles. The molecule has 0 saturated carbocycles. The summed E-state index contributed by atoms with van der Waals surface area (Å²) in [6, 6.07) is 12.6. The van der Waals surface area contributed by atoms with Crippen LogP contribution in [0.5, 0.6) is 11.5 Å². The van der Waals surface area contributed by atoms with Crippen LogP contribution in [0.2, 0.25) is 0 Å². The fraction of sp³-hybridized carbons (Fsp3) is 0.292. The van der Waals surface area contributed by atoms with Gasteiger partial charge in [-0.3, -0.25) is 4.79 Å². The molecule has 0 spiro atoms. The van der Waals surface area contributed by atoms with E-state index in [4.69, 9.17) is 13.9 Å². The lowest BCUT2D eigenvalue weighted by molar-refractivity contribution is 0.0950.